The van der Waals surface area contributed by atoms with E-state index in [2.05, 4.69) is 4.98 Å². The number of H-pyrrole nitrogens is 1. The van der Waals surface area contributed by atoms with Crippen LogP contribution in [0.4, 0.5) is 0 Å². The van der Waals surface area contributed by atoms with E-state index in [0.29, 0.717) is 17.2 Å². The van der Waals surface area contributed by atoms with Crippen LogP contribution < -0.4 is 0 Å². The summed E-state index contributed by atoms with van der Waals surface area (Å²) in [6.07, 6.45) is 0. The van der Waals surface area contributed by atoms with E-state index in [-0.39, 0.29) is 10.8 Å². The van der Waals surface area contributed by atoms with Crippen molar-refractivity contribution in [3.8, 4) is 11.1 Å². The van der Waals surface area contributed by atoms with Crippen molar-refractivity contribution in [2.75, 3.05) is 6.61 Å². The molecule has 0 saturated carbocycles. The van der Waals surface area contributed by atoms with E-state index in [1.807, 2.05) is 30.3 Å². The van der Waals surface area contributed by atoms with E-state index in [0.717, 1.165) is 5.56 Å². The molecule has 94 valence electrons. The molecule has 1 aromatic heterocycles. The van der Waals surface area contributed by atoms with Gasteiger partial charge in [0.15, 0.2) is 0 Å². The highest BCUT2D eigenvalue weighted by Crippen LogP contribution is 2.37. The largest absolute Gasteiger partial charge is 0.461 e. The molecule has 0 aliphatic heterocycles. The zero-order chi connectivity index (χ0) is 13.1. The fraction of sp³-hybridized carbons (Fsp3) is 0.154. The second-order valence-electron chi connectivity index (χ2n) is 3.59. The number of ether oxygens (including phenoxy) is 1. The van der Waals surface area contributed by atoms with Crippen molar-refractivity contribution in [2.45, 2.75) is 6.92 Å². The highest BCUT2D eigenvalue weighted by Gasteiger charge is 2.22. The number of nitrogens with one attached hydrogen (secondary N) is 1. The summed E-state index contributed by atoms with van der Waals surface area (Å²) in [5.74, 6) is -0.467. The summed E-state index contributed by atoms with van der Waals surface area (Å²) in [5, 5.41) is 0.560. The number of benzene rings is 1. The van der Waals surface area contributed by atoms with Gasteiger partial charge in [-0.1, -0.05) is 53.5 Å². The minimum atomic E-state index is -0.467. The van der Waals surface area contributed by atoms with Gasteiger partial charge in [0.05, 0.1) is 11.6 Å². The van der Waals surface area contributed by atoms with Gasteiger partial charge < -0.3 is 9.72 Å². The van der Waals surface area contributed by atoms with E-state index in [4.69, 9.17) is 27.9 Å². The molecule has 0 aliphatic rings. The van der Waals surface area contributed by atoms with Gasteiger partial charge in [0, 0.05) is 5.56 Å². The van der Waals surface area contributed by atoms with Gasteiger partial charge in [0.25, 0.3) is 0 Å². The van der Waals surface area contributed by atoms with E-state index >= 15 is 0 Å². The van der Waals surface area contributed by atoms with Gasteiger partial charge in [0.1, 0.15) is 10.8 Å². The number of carbonyl (C=O) groups excluding carboxylic acids is 1. The first-order valence-corrected chi connectivity index (χ1v) is 6.20. The Kier molecular flexibility index (Phi) is 3.94. The van der Waals surface area contributed by atoms with Gasteiger partial charge in [-0.3, -0.25) is 0 Å². The Morgan fingerprint density at radius 2 is 1.94 bits per heavy atom. The molecule has 0 spiro atoms. The Morgan fingerprint density at radius 1 is 1.28 bits per heavy atom. The molecule has 0 fully saturated rings. The van der Waals surface area contributed by atoms with Gasteiger partial charge in [-0.25, -0.2) is 4.79 Å². The van der Waals surface area contributed by atoms with Crippen molar-refractivity contribution in [1.82, 2.24) is 4.98 Å². The predicted molar refractivity (Wildman–Crippen MR) is 72.2 cm³/mol. The van der Waals surface area contributed by atoms with Crippen molar-refractivity contribution >= 4 is 29.2 Å². The maximum Gasteiger partial charge on any atom is 0.355 e. The third-order valence-corrected chi connectivity index (χ3v) is 3.20. The maximum absolute atomic E-state index is 11.8. The van der Waals surface area contributed by atoms with Gasteiger partial charge in [0.2, 0.25) is 0 Å². The van der Waals surface area contributed by atoms with E-state index in [1.54, 1.807) is 6.92 Å². The molecule has 5 heteroatoms. The first-order chi connectivity index (χ1) is 8.65. The Balaban J connectivity index is 2.55. The van der Waals surface area contributed by atoms with Crippen LogP contribution in [-0.4, -0.2) is 17.6 Å². The third kappa shape index (κ3) is 2.37. The van der Waals surface area contributed by atoms with Crippen LogP contribution in [0.25, 0.3) is 11.1 Å². The lowest BCUT2D eigenvalue weighted by Gasteiger charge is -2.04. The van der Waals surface area contributed by atoms with Crippen molar-refractivity contribution in [2.24, 2.45) is 0 Å². The molecule has 0 saturated heterocycles. The van der Waals surface area contributed by atoms with Gasteiger partial charge in [-0.15, -0.1) is 0 Å². The van der Waals surface area contributed by atoms with Gasteiger partial charge in [-0.2, -0.15) is 0 Å². The number of esters is 1. The summed E-state index contributed by atoms with van der Waals surface area (Å²) in [7, 11) is 0. The zero-order valence-electron chi connectivity index (χ0n) is 9.67. The maximum atomic E-state index is 11.8. The fourth-order valence-electron chi connectivity index (χ4n) is 1.68. The normalized spacial score (nSPS) is 10.4. The van der Waals surface area contributed by atoms with Crippen LogP contribution in [0.3, 0.4) is 0 Å². The molecule has 1 heterocycles. The lowest BCUT2D eigenvalue weighted by Crippen LogP contribution is -2.06. The summed E-state index contributed by atoms with van der Waals surface area (Å²) in [6, 6.07) is 9.32. The standard InChI is InChI=1S/C13H11Cl2NO2/c1-2-18-13(17)11-9(10(14)12(15)16-11)8-6-4-3-5-7-8/h3-7,16H,2H2,1H3. The minimum Gasteiger partial charge on any atom is -0.461 e. The first kappa shape index (κ1) is 13.0. The number of aromatic nitrogens is 1. The molecule has 2 aromatic rings. The zero-order valence-corrected chi connectivity index (χ0v) is 11.2. The molecular weight excluding hydrogens is 273 g/mol. The Labute approximate surface area is 115 Å². The van der Waals surface area contributed by atoms with Crippen LogP contribution >= 0.6 is 23.2 Å². The molecule has 1 N–H and O–H groups in total. The Morgan fingerprint density at radius 3 is 2.56 bits per heavy atom. The first-order valence-electron chi connectivity index (χ1n) is 5.44. The molecule has 1 aromatic carbocycles. The quantitative estimate of drug-likeness (QED) is 0.860. The molecule has 0 atom stereocenters. The van der Waals surface area contributed by atoms with Crippen LogP contribution in [0.15, 0.2) is 30.3 Å². The lowest BCUT2D eigenvalue weighted by molar-refractivity contribution is 0.0521. The smallest absolute Gasteiger partial charge is 0.355 e. The van der Waals surface area contributed by atoms with Crippen LogP contribution in [-0.2, 0) is 4.74 Å². The van der Waals surface area contributed by atoms with E-state index in [9.17, 15) is 4.79 Å². The SMILES string of the molecule is CCOC(=O)c1[nH]c(Cl)c(Cl)c1-c1ccccc1. The number of aromatic amines is 1. The molecule has 18 heavy (non-hydrogen) atoms. The number of rotatable bonds is 3. The molecule has 0 radical (unpaired) electrons. The van der Waals surface area contributed by atoms with Crippen LogP contribution in [0.1, 0.15) is 17.4 Å². The summed E-state index contributed by atoms with van der Waals surface area (Å²) >= 11 is 12.1. The van der Waals surface area contributed by atoms with Crippen molar-refractivity contribution < 1.29 is 9.53 Å². The minimum absolute atomic E-state index is 0.235. The summed E-state index contributed by atoms with van der Waals surface area (Å²) < 4.78 is 4.97. The molecule has 0 unspecified atom stereocenters. The number of hydrogen-bond donors (Lipinski definition) is 1. The molecule has 0 amide bonds. The summed E-state index contributed by atoms with van der Waals surface area (Å²) in [5.41, 5.74) is 1.66. The number of hydrogen-bond acceptors (Lipinski definition) is 2. The predicted octanol–water partition coefficient (Wildman–Crippen LogP) is 4.17. The Bertz CT molecular complexity index is 564. The van der Waals surface area contributed by atoms with Crippen LogP contribution in [0, 0.1) is 0 Å². The second-order valence-corrected chi connectivity index (χ2v) is 4.35. The highest BCUT2D eigenvalue weighted by atomic mass is 35.5. The van der Waals surface area contributed by atoms with Crippen molar-refractivity contribution in [3.05, 3.63) is 46.2 Å². The van der Waals surface area contributed by atoms with Gasteiger partial charge >= 0.3 is 5.97 Å². The highest BCUT2D eigenvalue weighted by molar-refractivity contribution is 6.44. The molecule has 0 aliphatic carbocycles. The molecule has 0 bridgehead atoms. The third-order valence-electron chi connectivity index (χ3n) is 2.44. The number of carbonyl (C=O) groups is 1. The van der Waals surface area contributed by atoms with Crippen molar-refractivity contribution in [3.63, 3.8) is 0 Å². The average Bonchev–Trinajstić information content (AvgIpc) is 2.67. The average molecular weight is 284 g/mol. The number of halogens is 2. The summed E-state index contributed by atoms with van der Waals surface area (Å²) in [6.45, 7) is 2.04. The Hall–Kier alpha value is -1.45. The summed E-state index contributed by atoms with van der Waals surface area (Å²) in [4.78, 5) is 14.6. The monoisotopic (exact) mass is 283 g/mol. The van der Waals surface area contributed by atoms with E-state index in [1.165, 1.54) is 0 Å². The molecule has 2 rings (SSSR count). The topological polar surface area (TPSA) is 42.1 Å². The second kappa shape index (κ2) is 5.46. The molecular formula is C13H11Cl2NO2. The van der Waals surface area contributed by atoms with Crippen LogP contribution in [0.5, 0.6) is 0 Å². The lowest BCUT2D eigenvalue weighted by atomic mass is 10.1. The van der Waals surface area contributed by atoms with Gasteiger partial charge in [-0.05, 0) is 12.5 Å². The fourth-order valence-corrected chi connectivity index (χ4v) is 2.12. The van der Waals surface area contributed by atoms with Crippen molar-refractivity contribution in [1.29, 1.82) is 0 Å². The molecule has 3 nitrogen and oxygen atoms in total. The van der Waals surface area contributed by atoms with Crippen LogP contribution in [0.2, 0.25) is 10.2 Å². The van der Waals surface area contributed by atoms with E-state index < -0.39 is 5.97 Å².